The van der Waals surface area contributed by atoms with E-state index in [2.05, 4.69) is 4.98 Å². The third-order valence-electron chi connectivity index (χ3n) is 2.85. The second-order valence-corrected chi connectivity index (χ2v) is 4.76. The summed E-state index contributed by atoms with van der Waals surface area (Å²) in [5.41, 5.74) is 7.73. The van der Waals surface area contributed by atoms with E-state index in [9.17, 15) is 9.18 Å². The molecule has 1 aromatic heterocycles. The molecule has 0 aliphatic carbocycles. The Labute approximate surface area is 122 Å². The molecule has 2 rings (SSSR count). The van der Waals surface area contributed by atoms with Crippen LogP contribution in [0.25, 0.3) is 0 Å². The summed E-state index contributed by atoms with van der Waals surface area (Å²) >= 11 is 0. The van der Waals surface area contributed by atoms with Crippen molar-refractivity contribution in [2.75, 3.05) is 24.7 Å². The summed E-state index contributed by atoms with van der Waals surface area (Å²) < 4.78 is 18.2. The summed E-state index contributed by atoms with van der Waals surface area (Å²) in [7, 11) is 3.64. The lowest BCUT2D eigenvalue weighted by Gasteiger charge is -2.17. The Bertz CT molecular complexity index is 659. The van der Waals surface area contributed by atoms with Crippen molar-refractivity contribution in [3.63, 3.8) is 0 Å². The molecule has 0 unspecified atom stereocenters. The van der Waals surface area contributed by atoms with Crippen molar-refractivity contribution in [1.29, 1.82) is 0 Å². The summed E-state index contributed by atoms with van der Waals surface area (Å²) in [5.74, 6) is -0.989. The van der Waals surface area contributed by atoms with Crippen LogP contribution in [0.15, 0.2) is 36.7 Å². The number of carbonyl (C=O) groups excluding carboxylic acids is 1. The third kappa shape index (κ3) is 3.68. The van der Waals surface area contributed by atoms with Crippen LogP contribution < -0.4 is 10.6 Å². The first kappa shape index (κ1) is 14.8. The molecule has 0 amide bonds. The first-order chi connectivity index (χ1) is 9.97. The highest BCUT2D eigenvalue weighted by atomic mass is 19.1. The second kappa shape index (κ2) is 6.21. The van der Waals surface area contributed by atoms with Gasteiger partial charge in [0.1, 0.15) is 12.4 Å². The SMILES string of the molecule is CN(C)c1ccc(N)cc1C(=O)OCc1cncc(F)c1. The smallest absolute Gasteiger partial charge is 0.340 e. The van der Waals surface area contributed by atoms with Gasteiger partial charge in [-0.05, 0) is 24.3 Å². The van der Waals surface area contributed by atoms with Crippen LogP contribution in [0.3, 0.4) is 0 Å². The van der Waals surface area contributed by atoms with Gasteiger partial charge < -0.3 is 15.4 Å². The van der Waals surface area contributed by atoms with Crippen molar-refractivity contribution in [1.82, 2.24) is 4.98 Å². The molecule has 2 N–H and O–H groups in total. The fourth-order valence-corrected chi connectivity index (χ4v) is 1.87. The fraction of sp³-hybridized carbons (Fsp3) is 0.200. The zero-order chi connectivity index (χ0) is 15.4. The molecule has 0 radical (unpaired) electrons. The van der Waals surface area contributed by atoms with E-state index >= 15 is 0 Å². The number of anilines is 2. The van der Waals surface area contributed by atoms with Gasteiger partial charge in [-0.1, -0.05) is 0 Å². The number of nitrogens with two attached hydrogens (primary N) is 1. The normalized spacial score (nSPS) is 10.2. The summed E-state index contributed by atoms with van der Waals surface area (Å²) in [5, 5.41) is 0. The van der Waals surface area contributed by atoms with Crippen LogP contribution in [0.2, 0.25) is 0 Å². The van der Waals surface area contributed by atoms with Gasteiger partial charge in [0.25, 0.3) is 0 Å². The Kier molecular flexibility index (Phi) is 4.37. The molecule has 21 heavy (non-hydrogen) atoms. The van der Waals surface area contributed by atoms with E-state index < -0.39 is 11.8 Å². The number of hydrogen-bond acceptors (Lipinski definition) is 5. The van der Waals surface area contributed by atoms with Crippen molar-refractivity contribution in [2.24, 2.45) is 0 Å². The molecule has 0 aliphatic heterocycles. The number of aromatic nitrogens is 1. The maximum absolute atomic E-state index is 13.0. The number of halogens is 1. The minimum absolute atomic E-state index is 0.0503. The van der Waals surface area contributed by atoms with Crippen molar-refractivity contribution in [3.8, 4) is 0 Å². The monoisotopic (exact) mass is 289 g/mol. The minimum Gasteiger partial charge on any atom is -0.457 e. The maximum atomic E-state index is 13.0. The summed E-state index contributed by atoms with van der Waals surface area (Å²) in [6.07, 6.45) is 2.54. The van der Waals surface area contributed by atoms with Crippen molar-refractivity contribution < 1.29 is 13.9 Å². The molecule has 6 heteroatoms. The number of benzene rings is 1. The van der Waals surface area contributed by atoms with Gasteiger partial charge in [-0.15, -0.1) is 0 Å². The first-order valence-corrected chi connectivity index (χ1v) is 6.31. The zero-order valence-corrected chi connectivity index (χ0v) is 11.8. The number of ether oxygens (including phenoxy) is 1. The van der Waals surface area contributed by atoms with Crippen molar-refractivity contribution >= 4 is 17.3 Å². The average molecular weight is 289 g/mol. The highest BCUT2D eigenvalue weighted by molar-refractivity contribution is 5.96. The highest BCUT2D eigenvalue weighted by Gasteiger charge is 2.15. The molecule has 0 saturated carbocycles. The minimum atomic E-state index is -0.518. The molecule has 2 aromatic rings. The van der Waals surface area contributed by atoms with Gasteiger partial charge in [0, 0.05) is 31.5 Å². The maximum Gasteiger partial charge on any atom is 0.340 e. The van der Waals surface area contributed by atoms with E-state index in [1.54, 1.807) is 23.1 Å². The van der Waals surface area contributed by atoms with Crippen LogP contribution in [-0.2, 0) is 11.3 Å². The summed E-state index contributed by atoms with van der Waals surface area (Å²) in [4.78, 5) is 17.7. The molecule has 0 fully saturated rings. The third-order valence-corrected chi connectivity index (χ3v) is 2.85. The summed E-state index contributed by atoms with van der Waals surface area (Å²) in [6, 6.07) is 6.28. The van der Waals surface area contributed by atoms with Crippen LogP contribution in [0, 0.1) is 5.82 Å². The van der Waals surface area contributed by atoms with E-state index in [-0.39, 0.29) is 6.61 Å². The number of hydrogen-bond donors (Lipinski definition) is 1. The molecule has 0 atom stereocenters. The van der Waals surface area contributed by atoms with Crippen LogP contribution in [0.4, 0.5) is 15.8 Å². The quantitative estimate of drug-likeness (QED) is 0.690. The van der Waals surface area contributed by atoms with Crippen LogP contribution in [0.5, 0.6) is 0 Å². The Morgan fingerprint density at radius 2 is 2.10 bits per heavy atom. The molecule has 110 valence electrons. The molecule has 1 aromatic carbocycles. The number of esters is 1. The van der Waals surface area contributed by atoms with Crippen molar-refractivity contribution in [2.45, 2.75) is 6.61 Å². The molecular weight excluding hydrogens is 273 g/mol. The lowest BCUT2D eigenvalue weighted by Crippen LogP contribution is -2.16. The van der Waals surface area contributed by atoms with E-state index in [0.29, 0.717) is 22.5 Å². The number of pyridine rings is 1. The van der Waals surface area contributed by atoms with Gasteiger partial charge >= 0.3 is 5.97 Å². The van der Waals surface area contributed by atoms with E-state index in [4.69, 9.17) is 10.5 Å². The predicted molar refractivity (Wildman–Crippen MR) is 78.5 cm³/mol. The van der Waals surface area contributed by atoms with E-state index in [1.165, 1.54) is 12.3 Å². The Balaban J connectivity index is 2.15. The van der Waals surface area contributed by atoms with E-state index in [1.807, 2.05) is 14.1 Å². The standard InChI is InChI=1S/C15H16FN3O2/c1-19(2)14-4-3-12(17)6-13(14)15(20)21-9-10-5-11(16)8-18-7-10/h3-8H,9,17H2,1-2H3. The summed E-state index contributed by atoms with van der Waals surface area (Å²) in [6.45, 7) is -0.0503. The first-order valence-electron chi connectivity index (χ1n) is 6.31. The van der Waals surface area contributed by atoms with Crippen molar-refractivity contribution in [3.05, 3.63) is 53.6 Å². The average Bonchev–Trinajstić information content (AvgIpc) is 2.44. The number of carbonyl (C=O) groups is 1. The molecule has 0 bridgehead atoms. The lowest BCUT2D eigenvalue weighted by atomic mass is 10.1. The Hall–Kier alpha value is -2.63. The predicted octanol–water partition coefficient (Wildman–Crippen LogP) is 2.23. The van der Waals surface area contributed by atoms with Gasteiger partial charge in [-0.3, -0.25) is 4.98 Å². The molecule has 0 spiro atoms. The molecule has 0 aliphatic rings. The topological polar surface area (TPSA) is 68.5 Å². The van der Waals surface area contributed by atoms with Crippen LogP contribution in [-0.4, -0.2) is 25.0 Å². The zero-order valence-electron chi connectivity index (χ0n) is 11.8. The number of nitrogen functional groups attached to an aromatic ring is 1. The molecule has 5 nitrogen and oxygen atoms in total. The highest BCUT2D eigenvalue weighted by Crippen LogP contribution is 2.22. The van der Waals surface area contributed by atoms with E-state index in [0.717, 1.165) is 6.20 Å². The Morgan fingerprint density at radius 1 is 1.33 bits per heavy atom. The van der Waals surface area contributed by atoms with Gasteiger partial charge in [0.2, 0.25) is 0 Å². The van der Waals surface area contributed by atoms with Gasteiger partial charge in [-0.25, -0.2) is 9.18 Å². The second-order valence-electron chi connectivity index (χ2n) is 4.76. The Morgan fingerprint density at radius 3 is 2.76 bits per heavy atom. The largest absolute Gasteiger partial charge is 0.457 e. The molecular formula is C15H16FN3O2. The molecule has 0 saturated heterocycles. The lowest BCUT2D eigenvalue weighted by molar-refractivity contribution is 0.0473. The molecule has 1 heterocycles. The van der Waals surface area contributed by atoms with Gasteiger partial charge in [0.05, 0.1) is 17.4 Å². The van der Waals surface area contributed by atoms with Gasteiger partial charge in [-0.2, -0.15) is 0 Å². The van der Waals surface area contributed by atoms with Crippen LogP contribution >= 0.6 is 0 Å². The number of rotatable bonds is 4. The number of nitrogens with zero attached hydrogens (tertiary/aromatic N) is 2. The van der Waals surface area contributed by atoms with Gasteiger partial charge in [0.15, 0.2) is 0 Å². The fourth-order valence-electron chi connectivity index (χ4n) is 1.87. The van der Waals surface area contributed by atoms with Crippen LogP contribution in [0.1, 0.15) is 15.9 Å².